The molecule has 0 aliphatic carbocycles. The van der Waals surface area contributed by atoms with Gasteiger partial charge < -0.3 is 19.3 Å². The first kappa shape index (κ1) is 43.0. The molecule has 2 N–H and O–H groups in total. The van der Waals surface area contributed by atoms with Gasteiger partial charge in [-0.1, -0.05) is 117 Å². The van der Waals surface area contributed by atoms with E-state index in [0.717, 1.165) is 64.2 Å². The first-order valence-electron chi connectivity index (χ1n) is 16.5. The fourth-order valence-corrected chi connectivity index (χ4v) is 4.11. The average molecular weight is 661 g/mol. The molecule has 0 aromatic heterocycles. The summed E-state index contributed by atoms with van der Waals surface area (Å²) < 4.78 is 26.1. The Hall–Kier alpha value is -3.03. The number of phosphoric acid groups is 1. The number of hydrogen-bond donors (Lipinski definition) is 2. The molecule has 1 unspecified atom stereocenters. The minimum Gasteiger partial charge on any atom is -0.462 e. The largest absolute Gasteiger partial charge is 0.469 e. The Morgan fingerprint density at radius 3 is 1.52 bits per heavy atom. The highest BCUT2D eigenvalue weighted by Crippen LogP contribution is 2.35. The van der Waals surface area contributed by atoms with Gasteiger partial charge in [-0.2, -0.15) is 0 Å². The van der Waals surface area contributed by atoms with Gasteiger partial charge in [0.1, 0.15) is 6.61 Å². The SMILES string of the molecule is CC/C=C\C/C=C\C/C=C\C/C=C\C/C=C\CC(=O)OC(COC(=O)CCCCC/C=C\C/C=C\C/C=C\CC)COP(=O)(O)O. The number of rotatable bonds is 28. The summed E-state index contributed by atoms with van der Waals surface area (Å²) in [4.78, 5) is 42.4. The smallest absolute Gasteiger partial charge is 0.462 e. The van der Waals surface area contributed by atoms with Crippen LogP contribution in [0.15, 0.2) is 97.2 Å². The van der Waals surface area contributed by atoms with Crippen molar-refractivity contribution >= 4 is 19.8 Å². The van der Waals surface area contributed by atoms with Crippen molar-refractivity contribution in [3.8, 4) is 0 Å². The Bertz CT molecular complexity index is 1060. The quantitative estimate of drug-likeness (QED) is 0.0369. The van der Waals surface area contributed by atoms with Gasteiger partial charge in [0.05, 0.1) is 13.0 Å². The van der Waals surface area contributed by atoms with Gasteiger partial charge in [0, 0.05) is 6.42 Å². The van der Waals surface area contributed by atoms with Gasteiger partial charge in [-0.25, -0.2) is 4.57 Å². The highest BCUT2D eigenvalue weighted by molar-refractivity contribution is 7.46. The number of phosphoric ester groups is 1. The minimum absolute atomic E-state index is 0.0328. The van der Waals surface area contributed by atoms with Crippen LogP contribution in [0.25, 0.3) is 0 Å². The Labute approximate surface area is 277 Å². The van der Waals surface area contributed by atoms with E-state index in [-0.39, 0.29) is 19.4 Å². The molecule has 0 aliphatic rings. The van der Waals surface area contributed by atoms with Crippen molar-refractivity contribution in [2.24, 2.45) is 0 Å². The molecule has 0 aromatic carbocycles. The first-order valence-corrected chi connectivity index (χ1v) is 18.1. The van der Waals surface area contributed by atoms with Gasteiger partial charge in [0.25, 0.3) is 0 Å². The van der Waals surface area contributed by atoms with E-state index < -0.39 is 32.5 Å². The molecule has 0 rings (SSSR count). The monoisotopic (exact) mass is 660 g/mol. The molecule has 9 heteroatoms. The standard InChI is InChI=1S/C37H57O8P/c1-3-5-7-9-11-13-15-17-18-20-22-24-26-28-30-32-37(39)45-35(34-44-46(40,41)42)33-43-36(38)31-29-27-25-23-21-19-16-14-12-10-8-6-4-2/h5-8,11-14,17-19,21-22,24,28,30,35H,3-4,9-10,15-16,20,23,25-27,29,31-34H2,1-2H3,(H2,40,41,42)/b7-5-,8-6-,13-11-,14-12-,18-17-,21-19-,24-22-,30-28-. The van der Waals surface area contributed by atoms with Crippen molar-refractivity contribution in [3.05, 3.63) is 97.2 Å². The second-order valence-corrected chi connectivity index (χ2v) is 11.6. The molecule has 0 fully saturated rings. The van der Waals surface area contributed by atoms with Crippen LogP contribution in [0.3, 0.4) is 0 Å². The summed E-state index contributed by atoms with van der Waals surface area (Å²) in [5, 5.41) is 0. The third kappa shape index (κ3) is 33.9. The number of carbonyl (C=O) groups is 2. The molecule has 0 saturated carbocycles. The molecule has 0 bridgehead atoms. The molecule has 0 aromatic rings. The molecule has 0 saturated heterocycles. The lowest BCUT2D eigenvalue weighted by atomic mass is 10.1. The van der Waals surface area contributed by atoms with Crippen LogP contribution in [-0.4, -0.2) is 41.0 Å². The Morgan fingerprint density at radius 1 is 0.587 bits per heavy atom. The number of unbranched alkanes of at least 4 members (excludes halogenated alkanes) is 3. The molecule has 258 valence electrons. The molecule has 1 atom stereocenters. The van der Waals surface area contributed by atoms with Crippen molar-refractivity contribution < 1.29 is 37.9 Å². The van der Waals surface area contributed by atoms with Crippen LogP contribution in [0.4, 0.5) is 0 Å². The molecule has 0 aliphatic heterocycles. The Balaban J connectivity index is 4.26. The zero-order chi connectivity index (χ0) is 34.0. The van der Waals surface area contributed by atoms with Crippen molar-refractivity contribution in [1.82, 2.24) is 0 Å². The lowest BCUT2D eigenvalue weighted by Crippen LogP contribution is -2.29. The third-order valence-corrected chi connectivity index (χ3v) is 6.62. The van der Waals surface area contributed by atoms with Crippen LogP contribution in [0.2, 0.25) is 0 Å². The van der Waals surface area contributed by atoms with E-state index in [1.807, 2.05) is 18.2 Å². The molecule has 0 heterocycles. The van der Waals surface area contributed by atoms with E-state index in [4.69, 9.17) is 19.3 Å². The van der Waals surface area contributed by atoms with E-state index in [1.165, 1.54) is 0 Å². The summed E-state index contributed by atoms with van der Waals surface area (Å²) in [6.45, 7) is 3.30. The van der Waals surface area contributed by atoms with E-state index in [1.54, 1.807) is 6.08 Å². The zero-order valence-electron chi connectivity index (χ0n) is 27.9. The summed E-state index contributed by atoms with van der Waals surface area (Å²) in [5.74, 6) is -1.08. The van der Waals surface area contributed by atoms with Crippen LogP contribution >= 0.6 is 7.82 Å². The van der Waals surface area contributed by atoms with Crippen molar-refractivity contribution in [2.45, 2.75) is 110 Å². The second-order valence-electron chi connectivity index (χ2n) is 10.4. The van der Waals surface area contributed by atoms with E-state index in [9.17, 15) is 14.2 Å². The van der Waals surface area contributed by atoms with Gasteiger partial charge >= 0.3 is 19.8 Å². The molecule has 8 nitrogen and oxygen atoms in total. The Kier molecular flexibility index (Phi) is 29.8. The normalized spacial score (nSPS) is 13.7. The third-order valence-electron chi connectivity index (χ3n) is 6.13. The highest BCUT2D eigenvalue weighted by atomic mass is 31.2. The minimum atomic E-state index is -4.78. The van der Waals surface area contributed by atoms with E-state index >= 15 is 0 Å². The number of ether oxygens (including phenoxy) is 2. The van der Waals surface area contributed by atoms with Gasteiger partial charge in [-0.3, -0.25) is 14.1 Å². The van der Waals surface area contributed by atoms with Gasteiger partial charge in [-0.15, -0.1) is 0 Å². The first-order chi connectivity index (χ1) is 22.3. The Morgan fingerprint density at radius 2 is 1.04 bits per heavy atom. The van der Waals surface area contributed by atoms with E-state index in [0.29, 0.717) is 12.8 Å². The summed E-state index contributed by atoms with van der Waals surface area (Å²) in [5.41, 5.74) is 0. The van der Waals surface area contributed by atoms with Gasteiger partial charge in [0.2, 0.25) is 0 Å². The molecule has 0 radical (unpaired) electrons. The lowest BCUT2D eigenvalue weighted by Gasteiger charge is -2.18. The maximum absolute atomic E-state index is 12.3. The summed E-state index contributed by atoms with van der Waals surface area (Å²) in [6.07, 6.45) is 43.0. The van der Waals surface area contributed by atoms with Crippen molar-refractivity contribution in [3.63, 3.8) is 0 Å². The van der Waals surface area contributed by atoms with Crippen LogP contribution in [-0.2, 0) is 28.2 Å². The van der Waals surface area contributed by atoms with Crippen LogP contribution in [0.1, 0.15) is 104 Å². The molecule has 0 spiro atoms. The second kappa shape index (κ2) is 31.9. The number of allylic oxidation sites excluding steroid dienone is 15. The van der Waals surface area contributed by atoms with Crippen LogP contribution < -0.4 is 0 Å². The topological polar surface area (TPSA) is 119 Å². The number of hydrogen-bond acceptors (Lipinski definition) is 6. The molecule has 0 amide bonds. The summed E-state index contributed by atoms with van der Waals surface area (Å²) >= 11 is 0. The molecular formula is C37H57O8P. The maximum atomic E-state index is 12.3. The fourth-order valence-electron chi connectivity index (χ4n) is 3.75. The van der Waals surface area contributed by atoms with Crippen molar-refractivity contribution in [2.75, 3.05) is 13.2 Å². The highest BCUT2D eigenvalue weighted by Gasteiger charge is 2.22. The number of carbonyl (C=O) groups excluding carboxylic acids is 2. The van der Waals surface area contributed by atoms with E-state index in [2.05, 4.69) is 91.3 Å². The summed E-state index contributed by atoms with van der Waals surface area (Å²) in [6, 6.07) is 0. The summed E-state index contributed by atoms with van der Waals surface area (Å²) in [7, 11) is -4.78. The van der Waals surface area contributed by atoms with Crippen LogP contribution in [0, 0.1) is 0 Å². The average Bonchev–Trinajstić information content (AvgIpc) is 3.02. The maximum Gasteiger partial charge on any atom is 0.469 e. The molecule has 46 heavy (non-hydrogen) atoms. The fraction of sp³-hybridized carbons (Fsp3) is 0.514. The van der Waals surface area contributed by atoms with Gasteiger partial charge in [-0.05, 0) is 70.6 Å². The molecular weight excluding hydrogens is 603 g/mol. The van der Waals surface area contributed by atoms with Crippen molar-refractivity contribution in [1.29, 1.82) is 0 Å². The predicted molar refractivity (Wildman–Crippen MR) is 188 cm³/mol. The zero-order valence-corrected chi connectivity index (χ0v) is 28.8. The lowest BCUT2D eigenvalue weighted by molar-refractivity contribution is -0.160. The van der Waals surface area contributed by atoms with Crippen LogP contribution in [0.5, 0.6) is 0 Å². The number of esters is 2. The predicted octanol–water partition coefficient (Wildman–Crippen LogP) is 9.50. The van der Waals surface area contributed by atoms with Gasteiger partial charge in [0.15, 0.2) is 6.10 Å².